The molecule has 38 heavy (non-hydrogen) atoms. The number of carbonyl (C=O) groups is 1. The molecule has 8 nitrogen and oxygen atoms in total. The molecule has 0 fully saturated rings. The van der Waals surface area contributed by atoms with Gasteiger partial charge in [0.05, 0.1) is 37.3 Å². The number of rotatable bonds is 24. The summed E-state index contributed by atoms with van der Waals surface area (Å²) in [5.74, 6) is 0.00215. The average molecular weight is 626 g/mol. The lowest BCUT2D eigenvalue weighted by atomic mass is 10.1. The molecule has 0 radical (unpaired) electrons. The van der Waals surface area contributed by atoms with Gasteiger partial charge in [-0.25, -0.2) is 8.42 Å². The molecule has 0 amide bonds. The van der Waals surface area contributed by atoms with Crippen molar-refractivity contribution < 1.29 is 35.3 Å². The zero-order valence-electron chi connectivity index (χ0n) is 25.2. The second-order valence-electron chi connectivity index (χ2n) is 12.4. The molecule has 0 aliphatic rings. The van der Waals surface area contributed by atoms with Gasteiger partial charge in [0.1, 0.15) is 5.78 Å². The monoisotopic (exact) mass is 625 g/mol. The van der Waals surface area contributed by atoms with Crippen LogP contribution in [-0.2, 0) is 28.0 Å². The molecule has 0 aromatic rings. The summed E-state index contributed by atoms with van der Waals surface area (Å²) in [6, 6.07) is 2.19. The quantitative estimate of drug-likeness (QED) is 0.0606. The number of carbonyl (C=O) groups excluding carboxylic acids is 1. The van der Waals surface area contributed by atoms with Crippen LogP contribution in [0.25, 0.3) is 0 Å². The Kier molecular flexibility index (Phi) is 18.4. The summed E-state index contributed by atoms with van der Waals surface area (Å²) in [7, 11) is -7.60. The summed E-state index contributed by atoms with van der Waals surface area (Å²) in [6.07, 6.45) is 6.83. The van der Waals surface area contributed by atoms with E-state index in [1.165, 1.54) is 0 Å². The molecule has 0 unspecified atom stereocenters. The molecular formula is C25H55NO7SSi4. The van der Waals surface area contributed by atoms with Crippen LogP contribution in [0, 0.1) is 0 Å². The van der Waals surface area contributed by atoms with E-state index < -0.39 is 44.1 Å². The van der Waals surface area contributed by atoms with Gasteiger partial charge >= 0.3 is 0 Å². The van der Waals surface area contributed by atoms with Crippen LogP contribution in [0.15, 0.2) is 0 Å². The summed E-state index contributed by atoms with van der Waals surface area (Å²) >= 11 is 0. The third-order valence-electron chi connectivity index (χ3n) is 6.81. The van der Waals surface area contributed by atoms with Gasteiger partial charge in [-0.3, -0.25) is 4.79 Å². The van der Waals surface area contributed by atoms with Crippen LogP contribution in [0.5, 0.6) is 0 Å². The van der Waals surface area contributed by atoms with Gasteiger partial charge in [0.15, 0.2) is 16.6 Å². The molecule has 0 N–H and O–H groups in total. The smallest absolute Gasteiger partial charge is 0.275 e. The SMILES string of the molecule is CC[Si](=O)C[Si](CCCCC(=O)CCCCC[N+](C)(C)CCCCS(=O)(=O)[O-])(C[Si](=O)CC)O[Si](C)(C)C. The minimum Gasteiger partial charge on any atom is -0.748 e. The van der Waals surface area contributed by atoms with Gasteiger partial charge in [-0.05, 0) is 76.3 Å². The Balaban J connectivity index is 4.51. The van der Waals surface area contributed by atoms with Crippen molar-refractivity contribution in [1.82, 2.24) is 0 Å². The van der Waals surface area contributed by atoms with E-state index in [0.29, 0.717) is 54.9 Å². The Morgan fingerprint density at radius 2 is 1.29 bits per heavy atom. The fourth-order valence-electron chi connectivity index (χ4n) is 4.84. The molecule has 0 saturated carbocycles. The number of Topliss-reactive ketones (excluding diaryl/α,β-unsaturated/α-hetero) is 1. The average Bonchev–Trinajstić information content (AvgIpc) is 2.77. The molecule has 13 heteroatoms. The highest BCUT2D eigenvalue weighted by molar-refractivity contribution is 7.85. The Bertz CT molecular complexity index is 827. The van der Waals surface area contributed by atoms with Gasteiger partial charge in [0.25, 0.3) is 17.4 Å². The van der Waals surface area contributed by atoms with Crippen molar-refractivity contribution in [1.29, 1.82) is 0 Å². The summed E-state index contributed by atoms with van der Waals surface area (Å²) in [4.78, 5) is 12.5. The van der Waals surface area contributed by atoms with Crippen LogP contribution in [0.1, 0.15) is 71.6 Å². The third-order valence-corrected chi connectivity index (χ3v) is 22.9. The summed E-state index contributed by atoms with van der Waals surface area (Å²) in [5, 5.41) is 0. The third kappa shape index (κ3) is 20.8. The molecule has 224 valence electrons. The predicted octanol–water partition coefficient (Wildman–Crippen LogP) is 5.45. The van der Waals surface area contributed by atoms with Crippen LogP contribution >= 0.6 is 0 Å². The van der Waals surface area contributed by atoms with E-state index in [9.17, 15) is 26.7 Å². The lowest BCUT2D eigenvalue weighted by Gasteiger charge is -2.37. The predicted molar refractivity (Wildman–Crippen MR) is 161 cm³/mol. The van der Waals surface area contributed by atoms with Crippen molar-refractivity contribution in [3.05, 3.63) is 0 Å². The minimum atomic E-state index is -4.12. The van der Waals surface area contributed by atoms with Crippen molar-refractivity contribution in [3.8, 4) is 0 Å². The molecule has 0 aromatic carbocycles. The van der Waals surface area contributed by atoms with Gasteiger partial charge in [0, 0.05) is 29.9 Å². The van der Waals surface area contributed by atoms with E-state index >= 15 is 0 Å². The maximum atomic E-state index is 12.6. The maximum Gasteiger partial charge on any atom is 0.275 e. The Morgan fingerprint density at radius 3 is 1.74 bits per heavy atom. The van der Waals surface area contributed by atoms with Gasteiger partial charge in [-0.15, -0.1) is 0 Å². The molecule has 0 spiro atoms. The molecule has 0 rings (SSSR count). The molecule has 0 atom stereocenters. The Labute approximate surface area is 238 Å². The lowest BCUT2D eigenvalue weighted by Crippen LogP contribution is -2.50. The first kappa shape index (κ1) is 38.0. The van der Waals surface area contributed by atoms with E-state index in [-0.39, 0.29) is 5.75 Å². The maximum absolute atomic E-state index is 12.6. The molecule has 0 bridgehead atoms. The largest absolute Gasteiger partial charge is 0.748 e. The number of ketones is 1. The van der Waals surface area contributed by atoms with Gasteiger partial charge in [-0.2, -0.15) is 0 Å². The fraction of sp³-hybridized carbons (Fsp3) is 0.960. The number of quaternary nitrogens is 1. The second kappa shape index (κ2) is 18.4. The van der Waals surface area contributed by atoms with Gasteiger partial charge in [0.2, 0.25) is 0 Å². The van der Waals surface area contributed by atoms with Gasteiger partial charge in [-0.1, -0.05) is 20.3 Å². The van der Waals surface area contributed by atoms with Crippen LogP contribution in [0.4, 0.5) is 0 Å². The zero-order chi connectivity index (χ0) is 29.5. The number of hydrogen-bond acceptors (Lipinski definition) is 7. The van der Waals surface area contributed by atoms with E-state index in [2.05, 4.69) is 33.7 Å². The van der Waals surface area contributed by atoms with E-state index in [4.69, 9.17) is 4.12 Å². The molecule has 0 saturated heterocycles. The van der Waals surface area contributed by atoms with Crippen molar-refractivity contribution in [2.75, 3.05) is 32.9 Å². The molecule has 0 aromatic heterocycles. The van der Waals surface area contributed by atoms with Crippen LogP contribution in [0.2, 0.25) is 49.1 Å². The second-order valence-corrected chi connectivity index (χ2v) is 28.3. The lowest BCUT2D eigenvalue weighted by molar-refractivity contribution is -0.890. The number of nitrogens with zero attached hydrogens (tertiary/aromatic N) is 1. The fourth-order valence-corrected chi connectivity index (χ4v) is 24.6. The van der Waals surface area contributed by atoms with Crippen molar-refractivity contribution >= 4 is 49.9 Å². The number of hydrogen-bond donors (Lipinski definition) is 0. The van der Waals surface area contributed by atoms with Crippen molar-refractivity contribution in [2.45, 2.75) is 121 Å². The molecular weight excluding hydrogens is 571 g/mol. The number of unbranched alkanes of at least 4 members (excludes halogenated alkanes) is 4. The highest BCUT2D eigenvalue weighted by Gasteiger charge is 2.42. The topological polar surface area (TPSA) is 118 Å². The zero-order valence-corrected chi connectivity index (χ0v) is 30.1. The molecule has 0 heterocycles. The minimum absolute atomic E-state index is 0.290. The van der Waals surface area contributed by atoms with E-state index in [1.807, 2.05) is 13.8 Å². The van der Waals surface area contributed by atoms with E-state index in [1.54, 1.807) is 0 Å². The summed E-state index contributed by atoms with van der Waals surface area (Å²) < 4.78 is 65.0. The molecule has 0 aliphatic carbocycles. The summed E-state index contributed by atoms with van der Waals surface area (Å²) in [5.41, 5.74) is 1.27. The van der Waals surface area contributed by atoms with Crippen LogP contribution < -0.4 is 0 Å². The summed E-state index contributed by atoms with van der Waals surface area (Å²) in [6.45, 7) is 12.2. The highest BCUT2D eigenvalue weighted by atomic mass is 32.2. The first-order valence-corrected chi connectivity index (χ1v) is 25.6. The van der Waals surface area contributed by atoms with Crippen molar-refractivity contribution in [2.24, 2.45) is 0 Å². The standard InChI is InChI=1S/C25H55NO7SSi4/c1-8-35(31)23-38(24-36(32)9-2,33-37(5,6)7)22-16-12-18-25(27)17-11-10-13-19-26(3,4)20-14-15-21-34(28,29)30/h8-24H2,1-7H3. The first-order chi connectivity index (χ1) is 17.4. The van der Waals surface area contributed by atoms with Gasteiger partial charge < -0.3 is 22.1 Å². The Hall–Kier alpha value is -0.0325. The van der Waals surface area contributed by atoms with Crippen LogP contribution in [-0.4, -0.2) is 90.2 Å². The van der Waals surface area contributed by atoms with Crippen LogP contribution in [0.3, 0.4) is 0 Å². The Morgan fingerprint density at radius 1 is 0.816 bits per heavy atom. The highest BCUT2D eigenvalue weighted by Crippen LogP contribution is 2.30. The molecule has 0 aliphatic heterocycles. The first-order valence-electron chi connectivity index (χ1n) is 14.4. The van der Waals surface area contributed by atoms with Crippen molar-refractivity contribution in [3.63, 3.8) is 0 Å². The normalized spacial score (nSPS) is 13.1. The van der Waals surface area contributed by atoms with E-state index in [0.717, 1.165) is 55.7 Å².